The molecule has 0 spiro atoms. The molecular formula is C11H16N6. The van der Waals surface area contributed by atoms with Gasteiger partial charge in [0.2, 0.25) is 5.95 Å². The highest BCUT2D eigenvalue weighted by Gasteiger charge is 2.25. The van der Waals surface area contributed by atoms with Gasteiger partial charge in [0.1, 0.15) is 0 Å². The molecule has 1 aliphatic heterocycles. The average molecular weight is 232 g/mol. The van der Waals surface area contributed by atoms with Crippen molar-refractivity contribution in [2.75, 3.05) is 32.1 Å². The molecule has 1 N–H and O–H groups in total. The molecule has 0 saturated carbocycles. The first-order chi connectivity index (χ1) is 8.24. The fraction of sp³-hybridized carbons (Fsp3) is 0.545. The Morgan fingerprint density at radius 1 is 1.41 bits per heavy atom. The zero-order chi connectivity index (χ0) is 11.8. The number of hydrogen-bond donors (Lipinski definition) is 1. The predicted molar refractivity (Wildman–Crippen MR) is 66.0 cm³/mol. The number of anilines is 1. The topological polar surface area (TPSA) is 60.9 Å². The van der Waals surface area contributed by atoms with E-state index in [1.165, 1.54) is 0 Å². The van der Waals surface area contributed by atoms with Gasteiger partial charge in [-0.1, -0.05) is 0 Å². The second kappa shape index (κ2) is 3.96. The van der Waals surface area contributed by atoms with Crippen molar-refractivity contribution < 1.29 is 0 Å². The van der Waals surface area contributed by atoms with Crippen molar-refractivity contribution in [3.05, 3.63) is 12.4 Å². The van der Waals surface area contributed by atoms with E-state index >= 15 is 0 Å². The molecule has 0 radical (unpaired) electrons. The van der Waals surface area contributed by atoms with Gasteiger partial charge in [0.15, 0.2) is 5.65 Å². The fourth-order valence-corrected chi connectivity index (χ4v) is 2.23. The minimum Gasteiger partial charge on any atom is -0.339 e. The molecule has 90 valence electrons. The molecule has 3 rings (SSSR count). The van der Waals surface area contributed by atoms with Gasteiger partial charge >= 0.3 is 0 Å². The van der Waals surface area contributed by atoms with Crippen LogP contribution in [0.1, 0.15) is 6.42 Å². The summed E-state index contributed by atoms with van der Waals surface area (Å²) in [5.74, 6) is 0.797. The number of aromatic nitrogens is 4. The lowest BCUT2D eigenvalue weighted by atomic mass is 10.2. The van der Waals surface area contributed by atoms with Gasteiger partial charge in [-0.2, -0.15) is 10.1 Å². The summed E-state index contributed by atoms with van der Waals surface area (Å²) in [4.78, 5) is 13.4. The van der Waals surface area contributed by atoms with E-state index in [1.54, 1.807) is 6.20 Å². The summed E-state index contributed by atoms with van der Waals surface area (Å²) >= 11 is 0. The Bertz CT molecular complexity index is 519. The lowest BCUT2D eigenvalue weighted by molar-refractivity contribution is 0.315. The number of nitrogens with zero attached hydrogens (tertiary/aromatic N) is 5. The van der Waals surface area contributed by atoms with Gasteiger partial charge in [0.05, 0.1) is 11.6 Å². The molecule has 0 bridgehead atoms. The van der Waals surface area contributed by atoms with Gasteiger partial charge in [-0.3, -0.25) is 5.10 Å². The SMILES string of the molecule is CN(C)C1CCN(c2ncc3cn[nH]c3n2)C1. The first-order valence-electron chi connectivity index (χ1n) is 5.81. The second-order valence-corrected chi connectivity index (χ2v) is 4.70. The molecule has 3 heterocycles. The summed E-state index contributed by atoms with van der Waals surface area (Å²) in [5.41, 5.74) is 0.809. The maximum atomic E-state index is 4.49. The highest BCUT2D eigenvalue weighted by molar-refractivity contribution is 5.73. The highest BCUT2D eigenvalue weighted by atomic mass is 15.3. The minimum absolute atomic E-state index is 0.594. The molecule has 1 aliphatic rings. The van der Waals surface area contributed by atoms with E-state index in [4.69, 9.17) is 0 Å². The maximum absolute atomic E-state index is 4.49. The van der Waals surface area contributed by atoms with E-state index in [9.17, 15) is 0 Å². The van der Waals surface area contributed by atoms with Crippen molar-refractivity contribution in [3.63, 3.8) is 0 Å². The smallest absolute Gasteiger partial charge is 0.227 e. The Balaban J connectivity index is 1.84. The molecular weight excluding hydrogens is 216 g/mol. The van der Waals surface area contributed by atoms with Crippen LogP contribution in [0.5, 0.6) is 0 Å². The van der Waals surface area contributed by atoms with Crippen LogP contribution in [0.25, 0.3) is 11.0 Å². The average Bonchev–Trinajstić information content (AvgIpc) is 2.97. The Kier molecular flexibility index (Phi) is 2.44. The van der Waals surface area contributed by atoms with Crippen molar-refractivity contribution in [2.45, 2.75) is 12.5 Å². The zero-order valence-corrected chi connectivity index (χ0v) is 10.1. The van der Waals surface area contributed by atoms with Crippen LogP contribution >= 0.6 is 0 Å². The summed E-state index contributed by atoms with van der Waals surface area (Å²) in [6, 6.07) is 0.594. The summed E-state index contributed by atoms with van der Waals surface area (Å²) < 4.78 is 0. The van der Waals surface area contributed by atoms with Crippen LogP contribution in [0.4, 0.5) is 5.95 Å². The van der Waals surface area contributed by atoms with Crippen molar-refractivity contribution in [1.29, 1.82) is 0 Å². The first-order valence-corrected chi connectivity index (χ1v) is 5.81. The molecule has 1 saturated heterocycles. The normalized spacial score (nSPS) is 20.6. The maximum Gasteiger partial charge on any atom is 0.227 e. The van der Waals surface area contributed by atoms with E-state index in [-0.39, 0.29) is 0 Å². The number of rotatable bonds is 2. The highest BCUT2D eigenvalue weighted by Crippen LogP contribution is 2.19. The Labute approximate surface area is 99.7 Å². The summed E-state index contributed by atoms with van der Waals surface area (Å²) in [6.07, 6.45) is 4.73. The van der Waals surface area contributed by atoms with E-state index < -0.39 is 0 Å². The van der Waals surface area contributed by atoms with Gasteiger partial charge < -0.3 is 9.80 Å². The van der Waals surface area contributed by atoms with Crippen LogP contribution in [0, 0.1) is 0 Å². The third kappa shape index (κ3) is 1.84. The Morgan fingerprint density at radius 2 is 2.29 bits per heavy atom. The summed E-state index contributed by atoms with van der Waals surface area (Å²) in [6.45, 7) is 2.01. The van der Waals surface area contributed by atoms with Crippen LogP contribution in [0.15, 0.2) is 12.4 Å². The number of nitrogens with one attached hydrogen (secondary N) is 1. The number of hydrogen-bond acceptors (Lipinski definition) is 5. The van der Waals surface area contributed by atoms with E-state index in [2.05, 4.69) is 44.1 Å². The van der Waals surface area contributed by atoms with Crippen molar-refractivity contribution in [3.8, 4) is 0 Å². The second-order valence-electron chi connectivity index (χ2n) is 4.70. The van der Waals surface area contributed by atoms with Gasteiger partial charge in [-0.05, 0) is 20.5 Å². The van der Waals surface area contributed by atoms with Crippen LogP contribution < -0.4 is 4.90 Å². The number of H-pyrrole nitrogens is 1. The number of fused-ring (bicyclic) bond motifs is 1. The standard InChI is InChI=1S/C11H16N6/c1-16(2)9-3-4-17(7-9)11-12-5-8-6-13-15-10(8)14-11/h5-6,9H,3-4,7H2,1-2H3,(H,12,13,14,15). The largest absolute Gasteiger partial charge is 0.339 e. The molecule has 17 heavy (non-hydrogen) atoms. The van der Waals surface area contributed by atoms with Crippen LogP contribution in [-0.4, -0.2) is 58.3 Å². The monoisotopic (exact) mass is 232 g/mol. The first kappa shape index (κ1) is 10.5. The molecule has 2 aromatic heterocycles. The van der Waals surface area contributed by atoms with E-state index in [1.807, 2.05) is 6.20 Å². The lowest BCUT2D eigenvalue weighted by Gasteiger charge is -2.20. The quantitative estimate of drug-likeness (QED) is 0.816. The molecule has 0 aliphatic carbocycles. The molecule has 0 amide bonds. The molecule has 6 nitrogen and oxygen atoms in total. The van der Waals surface area contributed by atoms with Gasteiger partial charge in [0, 0.05) is 25.3 Å². The molecule has 0 aromatic carbocycles. The molecule has 2 aromatic rings. The van der Waals surface area contributed by atoms with Crippen LogP contribution in [0.2, 0.25) is 0 Å². The molecule has 1 fully saturated rings. The zero-order valence-electron chi connectivity index (χ0n) is 10.1. The summed E-state index contributed by atoms with van der Waals surface area (Å²) in [5, 5.41) is 7.79. The number of aromatic amines is 1. The van der Waals surface area contributed by atoms with Crippen molar-refractivity contribution in [2.24, 2.45) is 0 Å². The van der Waals surface area contributed by atoms with E-state index in [0.29, 0.717) is 6.04 Å². The lowest BCUT2D eigenvalue weighted by Crippen LogP contribution is -2.32. The van der Waals surface area contributed by atoms with Gasteiger partial charge in [-0.25, -0.2) is 4.98 Å². The van der Waals surface area contributed by atoms with E-state index in [0.717, 1.165) is 36.5 Å². The van der Waals surface area contributed by atoms with Gasteiger partial charge in [-0.15, -0.1) is 0 Å². The van der Waals surface area contributed by atoms with Gasteiger partial charge in [0.25, 0.3) is 0 Å². The minimum atomic E-state index is 0.594. The Hall–Kier alpha value is -1.69. The van der Waals surface area contributed by atoms with Crippen molar-refractivity contribution in [1.82, 2.24) is 25.1 Å². The third-order valence-corrected chi connectivity index (χ3v) is 3.35. The molecule has 1 atom stereocenters. The fourth-order valence-electron chi connectivity index (χ4n) is 2.23. The Morgan fingerprint density at radius 3 is 3.06 bits per heavy atom. The predicted octanol–water partition coefficient (Wildman–Crippen LogP) is 0.493. The van der Waals surface area contributed by atoms with Crippen LogP contribution in [0.3, 0.4) is 0 Å². The third-order valence-electron chi connectivity index (χ3n) is 3.35. The molecule has 6 heteroatoms. The van der Waals surface area contributed by atoms with Crippen molar-refractivity contribution >= 4 is 17.0 Å². The van der Waals surface area contributed by atoms with Crippen LogP contribution in [-0.2, 0) is 0 Å². The number of likely N-dealkylation sites (N-methyl/N-ethyl adjacent to an activating group) is 1. The summed E-state index contributed by atoms with van der Waals surface area (Å²) in [7, 11) is 4.24. The molecule has 1 unspecified atom stereocenters.